The molecular formula is C11H21N3O3. The quantitative estimate of drug-likeness (QED) is 0.701. The number of aliphatic hydroxyl groups excluding tert-OH is 1. The van der Waals surface area contributed by atoms with E-state index in [0.29, 0.717) is 13.1 Å². The van der Waals surface area contributed by atoms with Crippen LogP contribution in [0.15, 0.2) is 0 Å². The molecule has 1 aliphatic rings. The highest BCUT2D eigenvalue weighted by molar-refractivity contribution is 5.80. The van der Waals surface area contributed by atoms with E-state index >= 15 is 0 Å². The van der Waals surface area contributed by atoms with E-state index in [1.807, 2.05) is 0 Å². The van der Waals surface area contributed by atoms with E-state index in [1.165, 1.54) is 4.90 Å². The van der Waals surface area contributed by atoms with Gasteiger partial charge in [-0.2, -0.15) is 0 Å². The molecule has 1 saturated heterocycles. The van der Waals surface area contributed by atoms with Crippen LogP contribution in [0, 0.1) is 5.92 Å². The van der Waals surface area contributed by atoms with Crippen molar-refractivity contribution < 1.29 is 14.7 Å². The van der Waals surface area contributed by atoms with Crippen LogP contribution in [0.2, 0.25) is 0 Å². The van der Waals surface area contributed by atoms with Crippen LogP contribution in [-0.4, -0.2) is 67.2 Å². The van der Waals surface area contributed by atoms with E-state index in [2.05, 4.69) is 5.32 Å². The van der Waals surface area contributed by atoms with Crippen LogP contribution in [0.5, 0.6) is 0 Å². The van der Waals surface area contributed by atoms with Gasteiger partial charge >= 0.3 is 6.03 Å². The Morgan fingerprint density at radius 1 is 1.47 bits per heavy atom. The van der Waals surface area contributed by atoms with Crippen molar-refractivity contribution in [3.05, 3.63) is 0 Å². The van der Waals surface area contributed by atoms with Crippen molar-refractivity contribution in [3.63, 3.8) is 0 Å². The molecule has 6 heteroatoms. The van der Waals surface area contributed by atoms with Gasteiger partial charge in [-0.15, -0.1) is 0 Å². The minimum atomic E-state index is -0.154. The van der Waals surface area contributed by atoms with Crippen molar-refractivity contribution in [1.82, 2.24) is 15.1 Å². The molecule has 0 saturated carbocycles. The van der Waals surface area contributed by atoms with Gasteiger partial charge < -0.3 is 20.2 Å². The lowest BCUT2D eigenvalue weighted by Crippen LogP contribution is -2.48. The maximum absolute atomic E-state index is 11.8. The van der Waals surface area contributed by atoms with Crippen molar-refractivity contribution in [2.24, 2.45) is 5.92 Å². The maximum atomic E-state index is 11.8. The highest BCUT2D eigenvalue weighted by Gasteiger charge is 2.28. The lowest BCUT2D eigenvalue weighted by Gasteiger charge is -2.33. The standard InChI is InChI=1S/C11H21N3O3/c1-13(2)11(17)14-6-3-4-9(8-14)10(16)12-5-7-15/h9,15H,3-8H2,1-2H3,(H,12,16). The lowest BCUT2D eigenvalue weighted by molar-refractivity contribution is -0.126. The Labute approximate surface area is 102 Å². The van der Waals surface area contributed by atoms with E-state index in [9.17, 15) is 9.59 Å². The number of nitrogens with one attached hydrogen (secondary N) is 1. The van der Waals surface area contributed by atoms with Crippen molar-refractivity contribution >= 4 is 11.9 Å². The summed E-state index contributed by atoms with van der Waals surface area (Å²) >= 11 is 0. The Morgan fingerprint density at radius 3 is 2.76 bits per heavy atom. The number of nitrogens with zero attached hydrogens (tertiary/aromatic N) is 2. The molecule has 0 aliphatic carbocycles. The fraction of sp³-hybridized carbons (Fsp3) is 0.818. The van der Waals surface area contributed by atoms with E-state index < -0.39 is 0 Å². The minimum Gasteiger partial charge on any atom is -0.395 e. The third kappa shape index (κ3) is 3.89. The molecule has 6 nitrogen and oxygen atoms in total. The molecular weight excluding hydrogens is 222 g/mol. The molecule has 1 atom stereocenters. The first-order valence-electron chi connectivity index (χ1n) is 5.91. The average Bonchev–Trinajstić information content (AvgIpc) is 2.35. The minimum absolute atomic E-state index is 0.0512. The van der Waals surface area contributed by atoms with Gasteiger partial charge in [-0.25, -0.2) is 4.79 Å². The summed E-state index contributed by atoms with van der Waals surface area (Å²) in [7, 11) is 3.41. The second-order valence-corrected chi connectivity index (χ2v) is 4.48. The lowest BCUT2D eigenvalue weighted by atomic mass is 9.97. The largest absolute Gasteiger partial charge is 0.395 e. The molecule has 17 heavy (non-hydrogen) atoms. The molecule has 0 spiro atoms. The monoisotopic (exact) mass is 243 g/mol. The van der Waals surface area contributed by atoms with Crippen LogP contribution < -0.4 is 5.32 Å². The van der Waals surface area contributed by atoms with Crippen molar-refractivity contribution in [1.29, 1.82) is 0 Å². The molecule has 1 fully saturated rings. The summed E-state index contributed by atoms with van der Waals surface area (Å²) in [5.74, 6) is -0.227. The third-order valence-corrected chi connectivity index (χ3v) is 2.86. The number of carbonyl (C=O) groups is 2. The van der Waals surface area contributed by atoms with Crippen molar-refractivity contribution in [2.75, 3.05) is 40.3 Å². The Morgan fingerprint density at radius 2 is 2.18 bits per heavy atom. The SMILES string of the molecule is CN(C)C(=O)N1CCCC(C(=O)NCCO)C1. The molecule has 0 bridgehead atoms. The second kappa shape index (κ2) is 6.44. The van der Waals surface area contributed by atoms with Gasteiger partial charge in [0.15, 0.2) is 0 Å². The molecule has 0 radical (unpaired) electrons. The fourth-order valence-electron chi connectivity index (χ4n) is 1.97. The molecule has 1 heterocycles. The smallest absolute Gasteiger partial charge is 0.319 e. The van der Waals surface area contributed by atoms with Crippen LogP contribution >= 0.6 is 0 Å². The number of urea groups is 1. The predicted octanol–water partition coefficient (Wildman–Crippen LogP) is -0.511. The van der Waals surface area contributed by atoms with Gasteiger partial charge in [0.25, 0.3) is 0 Å². The Kier molecular flexibility index (Phi) is 5.21. The molecule has 1 aliphatic heterocycles. The highest BCUT2D eigenvalue weighted by Crippen LogP contribution is 2.17. The molecule has 0 aromatic heterocycles. The molecule has 1 unspecified atom stereocenters. The molecule has 0 aromatic carbocycles. The average molecular weight is 243 g/mol. The van der Waals surface area contributed by atoms with E-state index in [1.54, 1.807) is 19.0 Å². The zero-order valence-electron chi connectivity index (χ0n) is 10.5. The van der Waals surface area contributed by atoms with Crippen LogP contribution in [0.25, 0.3) is 0 Å². The molecule has 2 N–H and O–H groups in total. The molecule has 1 rings (SSSR count). The first-order valence-corrected chi connectivity index (χ1v) is 5.91. The normalized spacial score (nSPS) is 19.9. The zero-order chi connectivity index (χ0) is 12.8. The van der Waals surface area contributed by atoms with Crippen molar-refractivity contribution in [2.45, 2.75) is 12.8 Å². The first kappa shape index (κ1) is 13.8. The Hall–Kier alpha value is -1.30. The van der Waals surface area contributed by atoms with Gasteiger partial charge in [0.05, 0.1) is 12.5 Å². The Balaban J connectivity index is 2.48. The fourth-order valence-corrected chi connectivity index (χ4v) is 1.97. The predicted molar refractivity (Wildman–Crippen MR) is 63.5 cm³/mol. The Bertz CT molecular complexity index is 281. The van der Waals surface area contributed by atoms with Crippen LogP contribution in [0.1, 0.15) is 12.8 Å². The highest BCUT2D eigenvalue weighted by atomic mass is 16.3. The second-order valence-electron chi connectivity index (χ2n) is 4.48. The van der Waals surface area contributed by atoms with Crippen molar-refractivity contribution in [3.8, 4) is 0 Å². The molecule has 0 aromatic rings. The number of amides is 3. The zero-order valence-corrected chi connectivity index (χ0v) is 10.5. The van der Waals surface area contributed by atoms with E-state index in [-0.39, 0.29) is 31.0 Å². The summed E-state index contributed by atoms with van der Waals surface area (Å²) in [6, 6.07) is -0.0512. The van der Waals surface area contributed by atoms with Gasteiger partial charge in [-0.05, 0) is 12.8 Å². The summed E-state index contributed by atoms with van der Waals surface area (Å²) in [5.41, 5.74) is 0. The first-order chi connectivity index (χ1) is 8.06. The maximum Gasteiger partial charge on any atom is 0.319 e. The van der Waals surface area contributed by atoms with Gasteiger partial charge in [0, 0.05) is 33.7 Å². The van der Waals surface area contributed by atoms with E-state index in [4.69, 9.17) is 5.11 Å². The summed E-state index contributed by atoms with van der Waals surface area (Å²) in [5, 5.41) is 11.3. The number of piperidine rings is 1. The number of hydrogen-bond donors (Lipinski definition) is 2. The number of hydrogen-bond acceptors (Lipinski definition) is 3. The van der Waals surface area contributed by atoms with Crippen LogP contribution in [-0.2, 0) is 4.79 Å². The summed E-state index contributed by atoms with van der Waals surface area (Å²) in [6.07, 6.45) is 1.64. The summed E-state index contributed by atoms with van der Waals surface area (Å²) < 4.78 is 0. The topological polar surface area (TPSA) is 72.9 Å². The summed E-state index contributed by atoms with van der Waals surface area (Å²) in [4.78, 5) is 26.7. The molecule has 3 amide bonds. The third-order valence-electron chi connectivity index (χ3n) is 2.86. The van der Waals surface area contributed by atoms with Gasteiger partial charge in [-0.3, -0.25) is 4.79 Å². The summed E-state index contributed by atoms with van der Waals surface area (Å²) in [6.45, 7) is 1.39. The number of aliphatic hydroxyl groups is 1. The van der Waals surface area contributed by atoms with Gasteiger partial charge in [0.2, 0.25) is 5.91 Å². The van der Waals surface area contributed by atoms with Gasteiger partial charge in [-0.1, -0.05) is 0 Å². The molecule has 98 valence electrons. The number of carbonyl (C=O) groups excluding carboxylic acids is 2. The van der Waals surface area contributed by atoms with E-state index in [0.717, 1.165) is 12.8 Å². The van der Waals surface area contributed by atoms with Crippen LogP contribution in [0.3, 0.4) is 0 Å². The van der Waals surface area contributed by atoms with Crippen LogP contribution in [0.4, 0.5) is 4.79 Å². The number of rotatable bonds is 3. The van der Waals surface area contributed by atoms with Gasteiger partial charge in [0.1, 0.15) is 0 Å². The number of likely N-dealkylation sites (tertiary alicyclic amines) is 1.